The third kappa shape index (κ3) is 8.44. The van der Waals surface area contributed by atoms with Gasteiger partial charge in [-0.15, -0.1) is 10.2 Å². The number of hydrogen-bond acceptors (Lipinski definition) is 8. The summed E-state index contributed by atoms with van der Waals surface area (Å²) >= 11 is 0.165. The summed E-state index contributed by atoms with van der Waals surface area (Å²) in [4.78, 5) is 12.5. The molecule has 4 rings (SSSR count). The van der Waals surface area contributed by atoms with Gasteiger partial charge in [0.1, 0.15) is 30.6 Å². The lowest BCUT2D eigenvalue weighted by Gasteiger charge is -2.22. The molecule has 1 amide bonds. The topological polar surface area (TPSA) is 106 Å². The third-order valence-electron chi connectivity index (χ3n) is 6.40. The molecule has 0 atom stereocenters. The summed E-state index contributed by atoms with van der Waals surface area (Å²) in [5.41, 5.74) is 1.47. The van der Waals surface area contributed by atoms with Gasteiger partial charge in [-0.05, 0) is 67.2 Å². The predicted octanol–water partition coefficient (Wildman–Crippen LogP) is 7.01. The molecule has 0 saturated heterocycles. The first-order valence-electron chi connectivity index (χ1n) is 13.2. The van der Waals surface area contributed by atoms with Crippen molar-refractivity contribution in [2.75, 3.05) is 25.1 Å². The average molecular weight is 587 g/mol. The fourth-order valence-electron chi connectivity index (χ4n) is 4.45. The highest BCUT2D eigenvalue weighted by atomic mass is 32.1. The maximum atomic E-state index is 12.7. The lowest BCUT2D eigenvalue weighted by molar-refractivity contribution is -0.138. The number of halogens is 3. The van der Waals surface area contributed by atoms with Crippen molar-refractivity contribution in [1.29, 1.82) is 5.26 Å². The van der Waals surface area contributed by atoms with Crippen LogP contribution in [0, 0.1) is 11.3 Å². The molecule has 12 heteroatoms. The van der Waals surface area contributed by atoms with E-state index in [2.05, 4.69) is 27.6 Å². The third-order valence-corrected chi connectivity index (χ3v) is 7.28. The number of alkyl halides is 3. The number of carbonyl (C=O) groups is 1. The van der Waals surface area contributed by atoms with Gasteiger partial charge in [-0.25, -0.2) is 0 Å². The molecule has 1 fully saturated rings. The first-order valence-corrected chi connectivity index (χ1v) is 14.0. The lowest BCUT2D eigenvalue weighted by Crippen LogP contribution is -2.13. The zero-order valence-corrected chi connectivity index (χ0v) is 23.2. The van der Waals surface area contributed by atoms with Crippen molar-refractivity contribution in [3.8, 4) is 23.3 Å². The molecule has 1 heterocycles. The molecule has 1 N–H and O–H groups in total. The van der Waals surface area contributed by atoms with Gasteiger partial charge in [-0.3, -0.25) is 10.1 Å². The van der Waals surface area contributed by atoms with Crippen LogP contribution in [0.15, 0.2) is 48.0 Å². The molecule has 0 spiro atoms. The highest BCUT2D eigenvalue weighted by molar-refractivity contribution is 7.15. The lowest BCUT2D eigenvalue weighted by atomic mass is 9.84. The van der Waals surface area contributed by atoms with Crippen LogP contribution in [-0.2, 0) is 11.0 Å². The van der Waals surface area contributed by atoms with Crippen molar-refractivity contribution >= 4 is 28.5 Å². The maximum absolute atomic E-state index is 12.7. The summed E-state index contributed by atoms with van der Waals surface area (Å²) in [6.45, 7) is 2.72. The van der Waals surface area contributed by atoms with Gasteiger partial charge < -0.3 is 14.2 Å². The molecule has 216 valence electrons. The highest BCUT2D eigenvalue weighted by Crippen LogP contribution is 2.34. The zero-order chi connectivity index (χ0) is 29.2. The fourth-order valence-corrected chi connectivity index (χ4v) is 5.06. The Morgan fingerprint density at radius 3 is 2.44 bits per heavy atom. The summed E-state index contributed by atoms with van der Waals surface area (Å²) in [7, 11) is 0. The molecule has 0 aliphatic heterocycles. The van der Waals surface area contributed by atoms with Crippen LogP contribution < -0.4 is 19.5 Å². The van der Waals surface area contributed by atoms with E-state index in [1.807, 2.05) is 12.1 Å². The van der Waals surface area contributed by atoms with Crippen molar-refractivity contribution in [3.63, 3.8) is 0 Å². The van der Waals surface area contributed by atoms with Gasteiger partial charge in [-0.1, -0.05) is 48.8 Å². The van der Waals surface area contributed by atoms with Crippen LogP contribution in [0.4, 0.5) is 18.3 Å². The Morgan fingerprint density at radius 2 is 1.78 bits per heavy atom. The molecule has 8 nitrogen and oxygen atoms in total. The summed E-state index contributed by atoms with van der Waals surface area (Å²) in [5.74, 6) is 1.34. The molecule has 1 aliphatic carbocycles. The van der Waals surface area contributed by atoms with Crippen LogP contribution >= 0.6 is 11.3 Å². The average Bonchev–Trinajstić information content (AvgIpc) is 3.45. The van der Waals surface area contributed by atoms with Crippen LogP contribution in [0.3, 0.4) is 0 Å². The Kier molecular flexibility index (Phi) is 10.2. The van der Waals surface area contributed by atoms with E-state index in [1.54, 1.807) is 31.2 Å². The largest absolute Gasteiger partial charge is 0.490 e. The summed E-state index contributed by atoms with van der Waals surface area (Å²) in [5, 5.41) is 16.4. The number of rotatable bonds is 11. The first kappa shape index (κ1) is 29.9. The quantitative estimate of drug-likeness (QED) is 0.146. The van der Waals surface area contributed by atoms with Crippen LogP contribution in [-0.4, -0.2) is 35.9 Å². The number of amides is 1. The Morgan fingerprint density at radius 1 is 1.05 bits per heavy atom. The van der Waals surface area contributed by atoms with Gasteiger partial charge >= 0.3 is 6.18 Å². The zero-order valence-electron chi connectivity index (χ0n) is 22.4. The Hall–Kier alpha value is -4.11. The number of aromatic nitrogens is 2. The van der Waals surface area contributed by atoms with Crippen LogP contribution in [0.5, 0.6) is 17.2 Å². The van der Waals surface area contributed by atoms with E-state index in [9.17, 15) is 23.2 Å². The smallest absolute Gasteiger partial charge is 0.445 e. The number of ether oxygens (including phenoxy) is 3. The standard InChI is InChI=1S/C29H29F3N4O4S/c1-2-38-25-17-19(16-22(18-33)26(37)34-28-36-35-27(41-28)29(30,31)32)8-13-24(25)40-15-14-39-23-11-9-21(10-12-23)20-6-4-3-5-7-20/h8-13,16-17,20H,2-7,14-15H2,1H3,(H,34,36,37). The molecule has 2 aromatic carbocycles. The second-order valence-electron chi connectivity index (χ2n) is 9.27. The highest BCUT2D eigenvalue weighted by Gasteiger charge is 2.36. The molecular formula is C29H29F3N4O4S. The van der Waals surface area contributed by atoms with Crippen molar-refractivity contribution in [1.82, 2.24) is 10.2 Å². The number of nitrogens with one attached hydrogen (secondary N) is 1. The summed E-state index contributed by atoms with van der Waals surface area (Å²) in [6.07, 6.45) is 2.99. The van der Waals surface area contributed by atoms with E-state index in [4.69, 9.17) is 14.2 Å². The summed E-state index contributed by atoms with van der Waals surface area (Å²) < 4.78 is 55.6. The van der Waals surface area contributed by atoms with E-state index in [-0.39, 0.29) is 28.6 Å². The molecule has 3 aromatic rings. The molecule has 41 heavy (non-hydrogen) atoms. The number of benzene rings is 2. The van der Waals surface area contributed by atoms with Gasteiger partial charge in [0, 0.05) is 0 Å². The van der Waals surface area contributed by atoms with Crippen molar-refractivity contribution in [3.05, 3.63) is 64.2 Å². The Balaban J connectivity index is 1.34. The monoisotopic (exact) mass is 586 g/mol. The molecule has 0 bridgehead atoms. The first-order chi connectivity index (χ1) is 19.8. The van der Waals surface area contributed by atoms with E-state index >= 15 is 0 Å². The van der Waals surface area contributed by atoms with E-state index < -0.39 is 17.1 Å². The van der Waals surface area contributed by atoms with Gasteiger partial charge in [0.05, 0.1) is 6.61 Å². The number of hydrogen-bond donors (Lipinski definition) is 1. The second kappa shape index (κ2) is 14.0. The summed E-state index contributed by atoms with van der Waals surface area (Å²) in [6, 6.07) is 14.9. The molecular weight excluding hydrogens is 557 g/mol. The van der Waals surface area contributed by atoms with Crippen molar-refractivity contribution in [2.45, 2.75) is 51.1 Å². The van der Waals surface area contributed by atoms with Gasteiger partial charge in [0.15, 0.2) is 11.5 Å². The molecule has 1 saturated carbocycles. The SMILES string of the molecule is CCOc1cc(C=C(C#N)C(=O)Nc2nnc(C(F)(F)F)s2)ccc1OCCOc1ccc(C2CCCCC2)cc1. The molecule has 1 aliphatic rings. The number of nitrogens with zero attached hydrogens (tertiary/aromatic N) is 3. The number of carbonyl (C=O) groups excluding carboxylic acids is 1. The molecule has 0 unspecified atom stereocenters. The van der Waals surface area contributed by atoms with Gasteiger partial charge in [0.2, 0.25) is 10.1 Å². The fraction of sp³-hybridized carbons (Fsp3) is 0.379. The van der Waals surface area contributed by atoms with E-state index in [0.717, 1.165) is 5.75 Å². The van der Waals surface area contributed by atoms with Crippen LogP contribution in [0.1, 0.15) is 61.1 Å². The number of nitriles is 1. The Labute approximate surface area is 239 Å². The van der Waals surface area contributed by atoms with Gasteiger partial charge in [-0.2, -0.15) is 18.4 Å². The minimum atomic E-state index is -4.68. The number of anilines is 1. The van der Waals surface area contributed by atoms with Crippen LogP contribution in [0.2, 0.25) is 0 Å². The predicted molar refractivity (Wildman–Crippen MR) is 148 cm³/mol. The minimum Gasteiger partial charge on any atom is -0.490 e. The van der Waals surface area contributed by atoms with E-state index in [0.29, 0.717) is 36.2 Å². The molecule has 0 radical (unpaired) electrons. The molecule has 1 aromatic heterocycles. The normalized spacial score (nSPS) is 14.3. The van der Waals surface area contributed by atoms with Crippen LogP contribution in [0.25, 0.3) is 6.08 Å². The van der Waals surface area contributed by atoms with Crippen molar-refractivity contribution in [2.24, 2.45) is 0 Å². The van der Waals surface area contributed by atoms with E-state index in [1.165, 1.54) is 43.7 Å². The Bertz CT molecular complexity index is 1390. The minimum absolute atomic E-state index is 0.165. The second-order valence-corrected chi connectivity index (χ2v) is 10.3. The maximum Gasteiger partial charge on any atom is 0.445 e. The van der Waals surface area contributed by atoms with Crippen molar-refractivity contribution < 1.29 is 32.2 Å². The van der Waals surface area contributed by atoms with Gasteiger partial charge in [0.25, 0.3) is 5.91 Å².